The van der Waals surface area contributed by atoms with Gasteiger partial charge in [0, 0.05) is 6.92 Å². The van der Waals surface area contributed by atoms with Gasteiger partial charge < -0.3 is 14.5 Å². The van der Waals surface area contributed by atoms with Crippen molar-refractivity contribution in [3.8, 4) is 0 Å². The van der Waals surface area contributed by atoms with Gasteiger partial charge in [0.2, 0.25) is 5.91 Å². The third kappa shape index (κ3) is 3.57. The zero-order chi connectivity index (χ0) is 15.0. The Morgan fingerprint density at radius 1 is 1.37 bits per heavy atom. The maximum absolute atomic E-state index is 11.6. The molecule has 0 bridgehead atoms. The topological polar surface area (TPSA) is 64.6 Å². The molecule has 1 aliphatic heterocycles. The minimum atomic E-state index is -1.93. The number of amides is 1. The number of hydrogen-bond acceptors (Lipinski definition) is 4. The van der Waals surface area contributed by atoms with Gasteiger partial charge in [-0.3, -0.25) is 9.59 Å². The summed E-state index contributed by atoms with van der Waals surface area (Å²) in [6, 6.07) is 0. The van der Waals surface area contributed by atoms with Gasteiger partial charge in [-0.15, -0.1) is 0 Å². The molecule has 3 atom stereocenters. The van der Waals surface area contributed by atoms with Crippen molar-refractivity contribution < 1.29 is 18.8 Å². The van der Waals surface area contributed by atoms with Crippen LogP contribution in [0.1, 0.15) is 34.6 Å². The molecule has 0 unspecified atom stereocenters. The molecule has 0 aromatic rings. The number of esters is 1. The summed E-state index contributed by atoms with van der Waals surface area (Å²) in [5.41, 5.74) is 0. The van der Waals surface area contributed by atoms with Crippen LogP contribution in [0.25, 0.3) is 0 Å². The van der Waals surface area contributed by atoms with Crippen LogP contribution in [-0.4, -0.2) is 32.5 Å². The molecule has 1 rings (SSSR count). The van der Waals surface area contributed by atoms with Gasteiger partial charge >= 0.3 is 5.97 Å². The molecule has 0 radical (unpaired) electrons. The van der Waals surface area contributed by atoms with Crippen LogP contribution in [0.4, 0.5) is 0 Å². The van der Waals surface area contributed by atoms with Crippen LogP contribution in [0.3, 0.4) is 0 Å². The lowest BCUT2D eigenvalue weighted by molar-refractivity contribution is -0.173. The van der Waals surface area contributed by atoms with E-state index in [4.69, 9.17) is 9.16 Å². The standard InChI is InChI=1S/C13H25NO4Si/c1-8(18-19(6,7)13(3,4)5)10-11(16)14-12(10)17-9(2)15/h8,10,12H,1-7H3,(H,14,16)/t8-,10-,12-/m0/s1. The van der Waals surface area contributed by atoms with Gasteiger partial charge in [-0.05, 0) is 25.1 Å². The van der Waals surface area contributed by atoms with Crippen molar-refractivity contribution in [2.24, 2.45) is 5.92 Å². The molecule has 0 aromatic carbocycles. The Kier molecular flexibility index (Phi) is 4.46. The maximum Gasteiger partial charge on any atom is 0.304 e. The van der Waals surface area contributed by atoms with Crippen LogP contribution in [0, 0.1) is 5.92 Å². The highest BCUT2D eigenvalue weighted by Gasteiger charge is 2.49. The van der Waals surface area contributed by atoms with E-state index in [0.29, 0.717) is 0 Å². The maximum atomic E-state index is 11.6. The minimum Gasteiger partial charge on any atom is -0.441 e. The molecule has 0 saturated carbocycles. The zero-order valence-corrected chi connectivity index (χ0v) is 13.9. The largest absolute Gasteiger partial charge is 0.441 e. The Balaban J connectivity index is 2.69. The minimum absolute atomic E-state index is 0.0818. The number of carbonyl (C=O) groups is 2. The van der Waals surface area contributed by atoms with Crippen LogP contribution >= 0.6 is 0 Å². The average Bonchev–Trinajstić information content (AvgIpc) is 2.12. The summed E-state index contributed by atoms with van der Waals surface area (Å²) in [5, 5.41) is 2.66. The second kappa shape index (κ2) is 5.24. The average molecular weight is 287 g/mol. The van der Waals surface area contributed by atoms with Crippen molar-refractivity contribution in [2.75, 3.05) is 0 Å². The first kappa shape index (κ1) is 16.2. The molecule has 19 heavy (non-hydrogen) atoms. The van der Waals surface area contributed by atoms with Gasteiger partial charge in [-0.1, -0.05) is 20.8 Å². The van der Waals surface area contributed by atoms with Crippen molar-refractivity contribution >= 4 is 20.2 Å². The number of rotatable bonds is 4. The number of hydrogen-bond donors (Lipinski definition) is 1. The fourth-order valence-electron chi connectivity index (χ4n) is 1.82. The summed E-state index contributed by atoms with van der Waals surface area (Å²) < 4.78 is 11.2. The molecule has 1 fully saturated rings. The summed E-state index contributed by atoms with van der Waals surface area (Å²) in [7, 11) is -1.93. The lowest BCUT2D eigenvalue weighted by Crippen LogP contribution is -2.65. The van der Waals surface area contributed by atoms with Crippen LogP contribution in [0.5, 0.6) is 0 Å². The summed E-state index contributed by atoms with van der Waals surface area (Å²) in [6.07, 6.45) is -0.802. The lowest BCUT2D eigenvalue weighted by atomic mass is 9.93. The Morgan fingerprint density at radius 3 is 2.26 bits per heavy atom. The molecule has 6 heteroatoms. The molecule has 0 spiro atoms. The van der Waals surface area contributed by atoms with Gasteiger partial charge in [-0.2, -0.15) is 0 Å². The highest BCUT2D eigenvalue weighted by molar-refractivity contribution is 6.74. The van der Waals surface area contributed by atoms with E-state index < -0.39 is 26.4 Å². The van der Waals surface area contributed by atoms with Crippen molar-refractivity contribution in [2.45, 2.75) is 65.1 Å². The van der Waals surface area contributed by atoms with Crippen LogP contribution in [0.15, 0.2) is 0 Å². The first-order valence-corrected chi connectivity index (χ1v) is 9.52. The third-order valence-electron chi connectivity index (χ3n) is 4.00. The molecular weight excluding hydrogens is 262 g/mol. The van der Waals surface area contributed by atoms with E-state index in [-0.39, 0.29) is 17.0 Å². The first-order valence-electron chi connectivity index (χ1n) is 6.61. The van der Waals surface area contributed by atoms with Gasteiger partial charge in [0.1, 0.15) is 5.92 Å². The summed E-state index contributed by atoms with van der Waals surface area (Å²) in [5.74, 6) is -0.912. The van der Waals surface area contributed by atoms with Crippen molar-refractivity contribution in [3.63, 3.8) is 0 Å². The highest BCUT2D eigenvalue weighted by atomic mass is 28.4. The van der Waals surface area contributed by atoms with Crippen molar-refractivity contribution in [3.05, 3.63) is 0 Å². The number of nitrogens with one attached hydrogen (secondary N) is 1. The number of β-lactam (4-membered cyclic amide) rings is 1. The molecule has 1 N–H and O–H groups in total. The molecule has 1 aliphatic rings. The summed E-state index contributed by atoms with van der Waals surface area (Å²) in [4.78, 5) is 22.6. The second-order valence-electron chi connectivity index (χ2n) is 6.65. The van der Waals surface area contributed by atoms with Crippen molar-refractivity contribution in [1.29, 1.82) is 0 Å². The molecule has 0 aliphatic carbocycles. The normalized spacial score (nSPS) is 25.3. The van der Waals surface area contributed by atoms with Gasteiger partial charge in [0.25, 0.3) is 0 Å². The van der Waals surface area contributed by atoms with E-state index in [1.807, 2.05) is 6.92 Å². The van der Waals surface area contributed by atoms with E-state index in [0.717, 1.165) is 0 Å². The molecular formula is C13H25NO4Si. The smallest absolute Gasteiger partial charge is 0.304 e. The SMILES string of the molecule is CC(=O)O[C@@H]1NC(=O)[C@@H]1[C@H](C)O[Si](C)(C)C(C)(C)C. The number of carbonyl (C=O) groups excluding carboxylic acids is 2. The quantitative estimate of drug-likeness (QED) is 0.488. The van der Waals surface area contributed by atoms with Gasteiger partial charge in [0.05, 0.1) is 6.10 Å². The molecule has 1 amide bonds. The van der Waals surface area contributed by atoms with E-state index in [9.17, 15) is 9.59 Å². The predicted molar refractivity (Wildman–Crippen MR) is 74.9 cm³/mol. The lowest BCUT2D eigenvalue weighted by Gasteiger charge is -2.44. The van der Waals surface area contributed by atoms with E-state index >= 15 is 0 Å². The Labute approximate surface area is 116 Å². The molecule has 1 saturated heterocycles. The first-order chi connectivity index (χ1) is 8.45. The second-order valence-corrected chi connectivity index (χ2v) is 11.4. The number of ether oxygens (including phenoxy) is 1. The fourth-order valence-corrected chi connectivity index (χ4v) is 3.25. The fraction of sp³-hybridized carbons (Fsp3) is 0.846. The van der Waals surface area contributed by atoms with E-state index in [1.54, 1.807) is 0 Å². The van der Waals surface area contributed by atoms with E-state index in [1.165, 1.54) is 6.92 Å². The molecule has 1 heterocycles. The highest BCUT2D eigenvalue weighted by Crippen LogP contribution is 2.39. The molecule has 0 aromatic heterocycles. The third-order valence-corrected chi connectivity index (χ3v) is 8.57. The monoisotopic (exact) mass is 287 g/mol. The van der Waals surface area contributed by atoms with Crippen molar-refractivity contribution in [1.82, 2.24) is 5.32 Å². The zero-order valence-electron chi connectivity index (χ0n) is 12.9. The molecule has 110 valence electrons. The summed E-state index contributed by atoms with van der Waals surface area (Å²) >= 11 is 0. The van der Waals surface area contributed by atoms with E-state index in [2.05, 4.69) is 39.2 Å². The Bertz CT molecular complexity index is 375. The predicted octanol–water partition coefficient (Wildman–Crippen LogP) is 2.03. The van der Waals surface area contributed by atoms with Crippen LogP contribution in [0.2, 0.25) is 18.1 Å². The van der Waals surface area contributed by atoms with Gasteiger partial charge in [-0.25, -0.2) is 0 Å². The molecule has 5 nitrogen and oxygen atoms in total. The summed E-state index contributed by atoms with van der Waals surface area (Å²) in [6.45, 7) is 13.9. The Hall–Kier alpha value is -0.883. The Morgan fingerprint density at radius 2 is 1.89 bits per heavy atom. The van der Waals surface area contributed by atoms with Crippen LogP contribution in [-0.2, 0) is 18.8 Å². The van der Waals surface area contributed by atoms with Gasteiger partial charge in [0.15, 0.2) is 14.5 Å². The van der Waals surface area contributed by atoms with Crippen LogP contribution < -0.4 is 5.32 Å².